The molecular weight excluding hydrogens is 242 g/mol. The summed E-state index contributed by atoms with van der Waals surface area (Å²) in [5, 5.41) is 7.47. The fourth-order valence-corrected chi connectivity index (χ4v) is 1.67. The maximum Gasteiger partial charge on any atom is 0.156 e. The zero-order chi connectivity index (χ0) is 13.7. The Morgan fingerprint density at radius 3 is 2.89 bits per heavy atom. The van der Waals surface area contributed by atoms with Gasteiger partial charge in [0.15, 0.2) is 5.75 Å². The first kappa shape index (κ1) is 13.0. The van der Waals surface area contributed by atoms with Crippen LogP contribution in [-0.4, -0.2) is 17.9 Å². The van der Waals surface area contributed by atoms with E-state index < -0.39 is 0 Å². The molecule has 0 unspecified atom stereocenters. The normalized spacial score (nSPS) is 10.2. The summed E-state index contributed by atoms with van der Waals surface area (Å²) in [5.41, 5.74) is 6.81. The smallest absolute Gasteiger partial charge is 0.156 e. The molecular formula is C14H15N3O2. The quantitative estimate of drug-likeness (QED) is 0.636. The number of methoxy groups -OCH3 is 1. The molecule has 1 heterocycles. The van der Waals surface area contributed by atoms with Crippen molar-refractivity contribution in [3.63, 3.8) is 0 Å². The standard InChI is InChI=1S/C14H15N3O2/c1-18-9-10-4-2-5-11(8-10)19-12-6-3-7-17-13(12)14(15)16/h2-8H,9H2,1H3,(H3,15,16). The second-order valence-corrected chi connectivity index (χ2v) is 3.95. The van der Waals surface area contributed by atoms with Crippen LogP contribution < -0.4 is 10.5 Å². The van der Waals surface area contributed by atoms with Gasteiger partial charge < -0.3 is 15.2 Å². The Balaban J connectivity index is 2.26. The van der Waals surface area contributed by atoms with Crippen molar-refractivity contribution in [2.75, 3.05) is 7.11 Å². The fourth-order valence-electron chi connectivity index (χ4n) is 1.67. The molecule has 0 spiro atoms. The van der Waals surface area contributed by atoms with E-state index in [0.29, 0.717) is 23.8 Å². The lowest BCUT2D eigenvalue weighted by Gasteiger charge is -2.10. The van der Waals surface area contributed by atoms with Crippen LogP contribution in [0.5, 0.6) is 11.5 Å². The maximum atomic E-state index is 7.47. The van der Waals surface area contributed by atoms with Crippen molar-refractivity contribution in [1.82, 2.24) is 4.98 Å². The van der Waals surface area contributed by atoms with E-state index in [1.165, 1.54) is 0 Å². The van der Waals surface area contributed by atoms with Crippen LogP contribution in [-0.2, 0) is 11.3 Å². The molecule has 1 aromatic heterocycles. The van der Waals surface area contributed by atoms with Crippen molar-refractivity contribution < 1.29 is 9.47 Å². The van der Waals surface area contributed by atoms with Crippen molar-refractivity contribution in [1.29, 1.82) is 5.41 Å². The summed E-state index contributed by atoms with van der Waals surface area (Å²) in [6.07, 6.45) is 1.57. The number of ether oxygens (including phenoxy) is 2. The molecule has 0 amide bonds. The van der Waals surface area contributed by atoms with Crippen molar-refractivity contribution in [2.24, 2.45) is 5.73 Å². The summed E-state index contributed by atoms with van der Waals surface area (Å²) in [7, 11) is 1.64. The van der Waals surface area contributed by atoms with Crippen LogP contribution in [0.25, 0.3) is 0 Å². The van der Waals surface area contributed by atoms with Crippen molar-refractivity contribution in [2.45, 2.75) is 6.61 Å². The van der Waals surface area contributed by atoms with Gasteiger partial charge in [0.25, 0.3) is 0 Å². The number of rotatable bonds is 5. The third-order valence-electron chi connectivity index (χ3n) is 2.46. The molecule has 19 heavy (non-hydrogen) atoms. The summed E-state index contributed by atoms with van der Waals surface area (Å²) in [5.74, 6) is 0.998. The van der Waals surface area contributed by atoms with Crippen LogP contribution in [0.15, 0.2) is 42.6 Å². The molecule has 0 atom stereocenters. The Morgan fingerprint density at radius 1 is 1.32 bits per heavy atom. The highest BCUT2D eigenvalue weighted by molar-refractivity contribution is 5.95. The van der Waals surface area contributed by atoms with Gasteiger partial charge in [0.2, 0.25) is 0 Å². The minimum atomic E-state index is -0.122. The number of amidine groups is 1. The lowest BCUT2D eigenvalue weighted by atomic mass is 10.2. The molecule has 2 aromatic rings. The number of hydrogen-bond donors (Lipinski definition) is 2. The van der Waals surface area contributed by atoms with Gasteiger partial charge in [-0.15, -0.1) is 0 Å². The van der Waals surface area contributed by atoms with Crippen LogP contribution >= 0.6 is 0 Å². The first-order valence-corrected chi connectivity index (χ1v) is 5.76. The van der Waals surface area contributed by atoms with Crippen molar-refractivity contribution >= 4 is 5.84 Å². The van der Waals surface area contributed by atoms with Gasteiger partial charge in [-0.2, -0.15) is 0 Å². The molecule has 0 radical (unpaired) electrons. The fraction of sp³-hybridized carbons (Fsp3) is 0.143. The SMILES string of the molecule is COCc1cccc(Oc2cccnc2C(=N)N)c1. The average Bonchev–Trinajstić information content (AvgIpc) is 2.40. The minimum absolute atomic E-state index is 0.122. The van der Waals surface area contributed by atoms with E-state index in [-0.39, 0.29) is 5.84 Å². The highest BCUT2D eigenvalue weighted by atomic mass is 16.5. The summed E-state index contributed by atoms with van der Waals surface area (Å²) >= 11 is 0. The first-order chi connectivity index (χ1) is 9.20. The Kier molecular flexibility index (Phi) is 4.10. The molecule has 98 valence electrons. The van der Waals surface area contributed by atoms with Gasteiger partial charge in [0.1, 0.15) is 17.3 Å². The molecule has 0 saturated carbocycles. The van der Waals surface area contributed by atoms with E-state index in [9.17, 15) is 0 Å². The van der Waals surface area contributed by atoms with Gasteiger partial charge in [-0.1, -0.05) is 12.1 Å². The van der Waals surface area contributed by atoms with E-state index >= 15 is 0 Å². The summed E-state index contributed by atoms with van der Waals surface area (Å²) in [6, 6.07) is 11.0. The molecule has 5 heteroatoms. The number of aromatic nitrogens is 1. The van der Waals surface area contributed by atoms with Gasteiger partial charge in [-0.25, -0.2) is 4.98 Å². The zero-order valence-electron chi connectivity index (χ0n) is 10.6. The van der Waals surface area contributed by atoms with Crippen LogP contribution in [0.2, 0.25) is 0 Å². The molecule has 0 aliphatic heterocycles. The van der Waals surface area contributed by atoms with E-state index in [1.54, 1.807) is 25.4 Å². The number of nitrogens with zero attached hydrogens (tertiary/aromatic N) is 1. The number of nitrogens with two attached hydrogens (primary N) is 1. The van der Waals surface area contributed by atoms with E-state index in [0.717, 1.165) is 5.56 Å². The Labute approximate surface area is 111 Å². The highest BCUT2D eigenvalue weighted by Gasteiger charge is 2.08. The zero-order valence-corrected chi connectivity index (χ0v) is 10.6. The predicted molar refractivity (Wildman–Crippen MR) is 72.5 cm³/mol. The van der Waals surface area contributed by atoms with Gasteiger partial charge in [-0.3, -0.25) is 5.41 Å². The van der Waals surface area contributed by atoms with E-state index in [1.807, 2.05) is 24.3 Å². The van der Waals surface area contributed by atoms with Gasteiger partial charge >= 0.3 is 0 Å². The van der Waals surface area contributed by atoms with E-state index in [2.05, 4.69) is 4.98 Å². The van der Waals surface area contributed by atoms with Gasteiger partial charge in [0, 0.05) is 13.3 Å². The van der Waals surface area contributed by atoms with Gasteiger partial charge in [-0.05, 0) is 29.8 Å². The highest BCUT2D eigenvalue weighted by Crippen LogP contribution is 2.24. The number of nitrogen functional groups attached to an aromatic ring is 1. The van der Waals surface area contributed by atoms with Crippen LogP contribution in [0, 0.1) is 5.41 Å². The maximum absolute atomic E-state index is 7.47. The van der Waals surface area contributed by atoms with Gasteiger partial charge in [0.05, 0.1) is 6.61 Å². The second-order valence-electron chi connectivity index (χ2n) is 3.95. The second kappa shape index (κ2) is 5.97. The first-order valence-electron chi connectivity index (χ1n) is 5.76. The number of hydrogen-bond acceptors (Lipinski definition) is 4. The predicted octanol–water partition coefficient (Wildman–Crippen LogP) is 2.30. The molecule has 2 rings (SSSR count). The van der Waals surface area contributed by atoms with Crippen molar-refractivity contribution in [3.8, 4) is 11.5 Å². The molecule has 0 saturated heterocycles. The average molecular weight is 257 g/mol. The van der Waals surface area contributed by atoms with Crippen LogP contribution in [0.1, 0.15) is 11.3 Å². The molecule has 5 nitrogen and oxygen atoms in total. The van der Waals surface area contributed by atoms with E-state index in [4.69, 9.17) is 20.6 Å². The third-order valence-corrected chi connectivity index (χ3v) is 2.46. The Bertz CT molecular complexity index is 584. The molecule has 1 aromatic carbocycles. The van der Waals surface area contributed by atoms with Crippen molar-refractivity contribution in [3.05, 3.63) is 53.9 Å². The molecule has 0 aliphatic rings. The van der Waals surface area contributed by atoms with Crippen LogP contribution in [0.3, 0.4) is 0 Å². The monoisotopic (exact) mass is 257 g/mol. The molecule has 0 bridgehead atoms. The summed E-state index contributed by atoms with van der Waals surface area (Å²) in [4.78, 5) is 4.03. The molecule has 3 N–H and O–H groups in total. The Hall–Kier alpha value is -2.40. The summed E-state index contributed by atoms with van der Waals surface area (Å²) < 4.78 is 10.8. The lowest BCUT2D eigenvalue weighted by molar-refractivity contribution is 0.184. The number of pyridine rings is 1. The molecule has 0 aliphatic carbocycles. The van der Waals surface area contributed by atoms with Crippen LogP contribution in [0.4, 0.5) is 0 Å². The lowest BCUT2D eigenvalue weighted by Crippen LogP contribution is -2.14. The third kappa shape index (κ3) is 3.29. The largest absolute Gasteiger partial charge is 0.455 e. The number of benzene rings is 1. The number of nitrogens with one attached hydrogen (secondary N) is 1. The summed E-state index contributed by atoms with van der Waals surface area (Å²) in [6.45, 7) is 0.518. The molecule has 0 fully saturated rings. The Morgan fingerprint density at radius 2 is 2.16 bits per heavy atom. The minimum Gasteiger partial charge on any atom is -0.455 e. The topological polar surface area (TPSA) is 81.2 Å².